The number of rotatable bonds is 7. The molecule has 0 saturated heterocycles. The predicted molar refractivity (Wildman–Crippen MR) is 114 cm³/mol. The highest BCUT2D eigenvalue weighted by atomic mass is 16.3. The van der Waals surface area contributed by atoms with Crippen molar-refractivity contribution in [2.75, 3.05) is 5.32 Å². The summed E-state index contributed by atoms with van der Waals surface area (Å²) in [6, 6.07) is 5.32. The number of anilines is 1. The molecule has 0 aromatic carbocycles. The Morgan fingerprint density at radius 2 is 2.17 bits per heavy atom. The van der Waals surface area contributed by atoms with Crippen LogP contribution < -0.4 is 16.6 Å². The zero-order chi connectivity index (χ0) is 21.8. The average molecular weight is 412 g/mol. The first-order chi connectivity index (χ1) is 14.3. The Balaban J connectivity index is 1.64. The molecular formula is C20H24N6O4. The van der Waals surface area contributed by atoms with E-state index in [9.17, 15) is 14.7 Å². The molecule has 0 aliphatic rings. The van der Waals surface area contributed by atoms with Gasteiger partial charge < -0.3 is 14.8 Å². The van der Waals surface area contributed by atoms with E-state index in [1.807, 2.05) is 6.92 Å². The Kier molecular flexibility index (Phi) is 6.17. The van der Waals surface area contributed by atoms with Gasteiger partial charge in [-0.15, -0.1) is 0 Å². The first kappa shape index (κ1) is 21.1. The maximum atomic E-state index is 12.1. The molecule has 1 unspecified atom stereocenters. The summed E-state index contributed by atoms with van der Waals surface area (Å²) in [6.07, 6.45) is 4.35. The summed E-state index contributed by atoms with van der Waals surface area (Å²) >= 11 is 0. The summed E-state index contributed by atoms with van der Waals surface area (Å²) in [5, 5.41) is 20.0. The van der Waals surface area contributed by atoms with Gasteiger partial charge in [-0.25, -0.2) is 9.79 Å². The molecular weight excluding hydrogens is 388 g/mol. The maximum Gasteiger partial charge on any atom is 0.332 e. The lowest BCUT2D eigenvalue weighted by Crippen LogP contribution is -2.38. The van der Waals surface area contributed by atoms with Crippen molar-refractivity contribution in [3.05, 3.63) is 62.5 Å². The number of aromatic amines is 1. The van der Waals surface area contributed by atoms with Gasteiger partial charge in [0.25, 0.3) is 5.56 Å². The van der Waals surface area contributed by atoms with E-state index >= 15 is 0 Å². The van der Waals surface area contributed by atoms with Crippen LogP contribution in [-0.2, 0) is 14.1 Å². The third kappa shape index (κ3) is 4.49. The molecule has 30 heavy (non-hydrogen) atoms. The van der Waals surface area contributed by atoms with Gasteiger partial charge in [0, 0.05) is 32.8 Å². The quantitative estimate of drug-likeness (QED) is 0.401. The van der Waals surface area contributed by atoms with Gasteiger partial charge in [-0.1, -0.05) is 6.08 Å². The van der Waals surface area contributed by atoms with Crippen molar-refractivity contribution in [2.24, 2.45) is 19.1 Å². The molecule has 0 bridgehead atoms. The molecule has 0 amide bonds. The molecule has 3 aromatic rings. The fourth-order valence-corrected chi connectivity index (χ4v) is 2.88. The van der Waals surface area contributed by atoms with Crippen molar-refractivity contribution in [3.63, 3.8) is 0 Å². The summed E-state index contributed by atoms with van der Waals surface area (Å²) in [5.41, 5.74) is 1.04. The minimum Gasteiger partial charge on any atom is -0.463 e. The molecule has 3 rings (SSSR count). The molecule has 3 heterocycles. The van der Waals surface area contributed by atoms with Gasteiger partial charge in [0.1, 0.15) is 23.6 Å². The van der Waals surface area contributed by atoms with Crippen LogP contribution in [0.1, 0.15) is 18.9 Å². The number of furan rings is 1. The molecule has 3 N–H and O–H groups in total. The largest absolute Gasteiger partial charge is 0.463 e. The van der Waals surface area contributed by atoms with Gasteiger partial charge in [0.05, 0.1) is 11.8 Å². The molecule has 0 fully saturated rings. The second-order valence-corrected chi connectivity index (χ2v) is 6.90. The zero-order valence-electron chi connectivity index (χ0n) is 17.2. The van der Waals surface area contributed by atoms with Gasteiger partial charge in [-0.05, 0) is 31.6 Å². The first-order valence-electron chi connectivity index (χ1n) is 9.29. The highest BCUT2D eigenvalue weighted by Crippen LogP contribution is 2.20. The smallest absolute Gasteiger partial charge is 0.332 e. The molecule has 0 aliphatic heterocycles. The molecule has 10 heteroatoms. The minimum absolute atomic E-state index is 0.301. The standard InChI is InChI=1S/C20H24N6O4/c1-12(11-21-18-13(2)19(28)26(4)20(29)25(18)3)7-8-17(27)22-16-10-14(23-24-16)15-6-5-9-30-15/h5-7,9-11,17,27H,8H2,1-4H3,(H2,22,23,24)/b12-7-,21-11-. The second kappa shape index (κ2) is 8.78. The number of hydrogen-bond acceptors (Lipinski definition) is 7. The van der Waals surface area contributed by atoms with Crippen molar-refractivity contribution in [3.8, 4) is 11.5 Å². The third-order valence-corrected chi connectivity index (χ3v) is 4.58. The lowest BCUT2D eigenvalue weighted by atomic mass is 10.2. The number of H-pyrrole nitrogens is 1. The predicted octanol–water partition coefficient (Wildman–Crippen LogP) is 1.84. The molecule has 0 aliphatic carbocycles. The Bertz CT molecular complexity index is 1160. The number of aliphatic imine (C=N–C) groups is 1. The Hall–Kier alpha value is -3.66. The fourth-order valence-electron chi connectivity index (χ4n) is 2.88. The Morgan fingerprint density at radius 1 is 1.40 bits per heavy atom. The monoisotopic (exact) mass is 412 g/mol. The summed E-state index contributed by atoms with van der Waals surface area (Å²) in [4.78, 5) is 28.4. The molecule has 3 aromatic heterocycles. The van der Waals surface area contributed by atoms with Gasteiger partial charge in [0.2, 0.25) is 0 Å². The normalized spacial score (nSPS) is 13.2. The number of aliphatic hydroxyl groups is 1. The van der Waals surface area contributed by atoms with Gasteiger partial charge in [-0.2, -0.15) is 5.10 Å². The second-order valence-electron chi connectivity index (χ2n) is 6.90. The van der Waals surface area contributed by atoms with Gasteiger partial charge >= 0.3 is 5.69 Å². The van der Waals surface area contributed by atoms with Crippen LogP contribution in [-0.4, -0.2) is 36.9 Å². The Labute approximate surface area is 172 Å². The highest BCUT2D eigenvalue weighted by Gasteiger charge is 2.11. The van der Waals surface area contributed by atoms with E-state index < -0.39 is 11.9 Å². The fraction of sp³-hybridized carbons (Fsp3) is 0.300. The number of nitrogens with zero attached hydrogens (tertiary/aromatic N) is 4. The number of aliphatic hydroxyl groups excluding tert-OH is 1. The van der Waals surface area contributed by atoms with E-state index in [1.165, 1.54) is 11.6 Å². The highest BCUT2D eigenvalue weighted by molar-refractivity contribution is 5.80. The van der Waals surface area contributed by atoms with E-state index in [2.05, 4.69) is 20.5 Å². The average Bonchev–Trinajstić information content (AvgIpc) is 3.41. The minimum atomic E-state index is -0.865. The third-order valence-electron chi connectivity index (χ3n) is 4.58. The van der Waals surface area contributed by atoms with Crippen molar-refractivity contribution in [2.45, 2.75) is 26.5 Å². The van der Waals surface area contributed by atoms with E-state index in [4.69, 9.17) is 4.42 Å². The number of aromatic nitrogens is 4. The van der Waals surface area contributed by atoms with Crippen molar-refractivity contribution >= 4 is 17.9 Å². The molecule has 0 spiro atoms. The van der Waals surface area contributed by atoms with Crippen LogP contribution in [0.4, 0.5) is 11.6 Å². The number of allylic oxidation sites excluding steroid dienone is 1. The summed E-state index contributed by atoms with van der Waals surface area (Å²) in [6.45, 7) is 3.44. The van der Waals surface area contributed by atoms with Crippen LogP contribution in [0.25, 0.3) is 11.5 Å². The summed E-state index contributed by atoms with van der Waals surface area (Å²) in [7, 11) is 3.00. The van der Waals surface area contributed by atoms with Crippen LogP contribution in [0, 0.1) is 6.92 Å². The molecule has 0 radical (unpaired) electrons. The van der Waals surface area contributed by atoms with E-state index in [-0.39, 0.29) is 5.56 Å². The van der Waals surface area contributed by atoms with Crippen LogP contribution in [0.5, 0.6) is 0 Å². The molecule has 0 saturated carbocycles. The lowest BCUT2D eigenvalue weighted by molar-refractivity contribution is 0.206. The Morgan fingerprint density at radius 3 is 2.87 bits per heavy atom. The van der Waals surface area contributed by atoms with E-state index in [1.54, 1.807) is 50.7 Å². The van der Waals surface area contributed by atoms with Gasteiger partial charge in [-0.3, -0.25) is 19.0 Å². The van der Waals surface area contributed by atoms with Crippen LogP contribution >= 0.6 is 0 Å². The SMILES string of the molecule is CC(/C=N\c1c(C)c(=O)n(C)c(=O)n1C)=C/CC(O)Nc1cc(-c2ccco2)[nH]n1. The van der Waals surface area contributed by atoms with Crippen LogP contribution in [0.2, 0.25) is 0 Å². The van der Waals surface area contributed by atoms with Crippen molar-refractivity contribution in [1.82, 2.24) is 19.3 Å². The lowest BCUT2D eigenvalue weighted by Gasteiger charge is -2.10. The number of hydrogen-bond donors (Lipinski definition) is 3. The first-order valence-corrected chi connectivity index (χ1v) is 9.29. The summed E-state index contributed by atoms with van der Waals surface area (Å²) in [5.74, 6) is 1.44. The number of nitrogens with one attached hydrogen (secondary N) is 2. The van der Waals surface area contributed by atoms with Crippen LogP contribution in [0.3, 0.4) is 0 Å². The van der Waals surface area contributed by atoms with E-state index in [0.717, 1.165) is 10.1 Å². The van der Waals surface area contributed by atoms with Crippen molar-refractivity contribution < 1.29 is 9.52 Å². The van der Waals surface area contributed by atoms with Crippen molar-refractivity contribution in [1.29, 1.82) is 0 Å². The topological polar surface area (TPSA) is 130 Å². The van der Waals surface area contributed by atoms with Crippen LogP contribution in [0.15, 0.2) is 55.1 Å². The molecule has 1 atom stereocenters. The molecule has 10 nitrogen and oxygen atoms in total. The van der Waals surface area contributed by atoms with E-state index in [0.29, 0.717) is 35.1 Å². The molecule has 158 valence electrons. The van der Waals surface area contributed by atoms with Gasteiger partial charge in [0.15, 0.2) is 5.76 Å². The maximum absolute atomic E-state index is 12.1. The summed E-state index contributed by atoms with van der Waals surface area (Å²) < 4.78 is 7.66. The zero-order valence-corrected chi connectivity index (χ0v) is 17.2.